The minimum absolute atomic E-state index is 0.201. The standard InChI is InChI=1S/C15H24FN3/c1-3-19-7-6-18(10-12(19)2)11-13-4-5-15(16)8-14(13)9-17/h4-5,8,12H,3,6-7,9-11,17H2,1-2H3. The Labute approximate surface area is 115 Å². The molecule has 1 aromatic carbocycles. The van der Waals surface area contributed by atoms with Crippen molar-refractivity contribution in [3.8, 4) is 0 Å². The van der Waals surface area contributed by atoms with Gasteiger partial charge in [-0.2, -0.15) is 0 Å². The second-order valence-electron chi connectivity index (χ2n) is 5.33. The van der Waals surface area contributed by atoms with Crippen LogP contribution in [0.2, 0.25) is 0 Å². The number of rotatable bonds is 4. The van der Waals surface area contributed by atoms with Crippen molar-refractivity contribution in [3.05, 3.63) is 35.1 Å². The maximum Gasteiger partial charge on any atom is 0.123 e. The number of hydrogen-bond donors (Lipinski definition) is 1. The van der Waals surface area contributed by atoms with Crippen LogP contribution >= 0.6 is 0 Å². The summed E-state index contributed by atoms with van der Waals surface area (Å²) in [5.41, 5.74) is 7.78. The van der Waals surface area contributed by atoms with Crippen LogP contribution in [-0.4, -0.2) is 42.0 Å². The highest BCUT2D eigenvalue weighted by Crippen LogP contribution is 2.16. The molecule has 1 aliphatic rings. The lowest BCUT2D eigenvalue weighted by Gasteiger charge is -2.39. The van der Waals surface area contributed by atoms with E-state index in [0.29, 0.717) is 12.6 Å². The van der Waals surface area contributed by atoms with Gasteiger partial charge in [0.2, 0.25) is 0 Å². The monoisotopic (exact) mass is 265 g/mol. The van der Waals surface area contributed by atoms with Crippen molar-refractivity contribution in [2.24, 2.45) is 5.73 Å². The molecule has 0 aromatic heterocycles. The van der Waals surface area contributed by atoms with Crippen molar-refractivity contribution in [1.82, 2.24) is 9.80 Å². The number of benzene rings is 1. The van der Waals surface area contributed by atoms with E-state index in [0.717, 1.165) is 43.9 Å². The number of nitrogens with two attached hydrogens (primary N) is 1. The lowest BCUT2D eigenvalue weighted by molar-refractivity contribution is 0.0833. The second kappa shape index (κ2) is 6.46. The van der Waals surface area contributed by atoms with Crippen molar-refractivity contribution >= 4 is 0 Å². The van der Waals surface area contributed by atoms with Crippen LogP contribution in [0.4, 0.5) is 4.39 Å². The van der Waals surface area contributed by atoms with Crippen LogP contribution in [0.3, 0.4) is 0 Å². The van der Waals surface area contributed by atoms with Crippen LogP contribution in [0.1, 0.15) is 25.0 Å². The number of likely N-dealkylation sites (N-methyl/N-ethyl adjacent to an activating group) is 1. The molecule has 106 valence electrons. The summed E-state index contributed by atoms with van der Waals surface area (Å²) < 4.78 is 13.2. The number of hydrogen-bond acceptors (Lipinski definition) is 3. The molecule has 19 heavy (non-hydrogen) atoms. The Morgan fingerprint density at radius 3 is 2.74 bits per heavy atom. The number of piperazine rings is 1. The van der Waals surface area contributed by atoms with Crippen LogP contribution in [0, 0.1) is 5.82 Å². The molecule has 1 saturated heterocycles. The van der Waals surface area contributed by atoms with Crippen molar-refractivity contribution < 1.29 is 4.39 Å². The quantitative estimate of drug-likeness (QED) is 0.901. The second-order valence-corrected chi connectivity index (χ2v) is 5.33. The molecule has 1 heterocycles. The minimum Gasteiger partial charge on any atom is -0.326 e. The van der Waals surface area contributed by atoms with E-state index in [9.17, 15) is 4.39 Å². The third-order valence-corrected chi connectivity index (χ3v) is 4.04. The van der Waals surface area contributed by atoms with E-state index >= 15 is 0 Å². The van der Waals surface area contributed by atoms with Gasteiger partial charge in [-0.15, -0.1) is 0 Å². The van der Waals surface area contributed by atoms with Crippen LogP contribution in [0.5, 0.6) is 0 Å². The highest BCUT2D eigenvalue weighted by Gasteiger charge is 2.22. The van der Waals surface area contributed by atoms with Gasteiger partial charge < -0.3 is 5.73 Å². The first-order valence-corrected chi connectivity index (χ1v) is 7.07. The normalized spacial score (nSPS) is 21.8. The average molecular weight is 265 g/mol. The fourth-order valence-electron chi connectivity index (χ4n) is 2.86. The van der Waals surface area contributed by atoms with E-state index in [4.69, 9.17) is 5.73 Å². The molecule has 0 amide bonds. The van der Waals surface area contributed by atoms with E-state index < -0.39 is 0 Å². The summed E-state index contributed by atoms with van der Waals surface area (Å²) in [4.78, 5) is 4.92. The van der Waals surface area contributed by atoms with Crippen molar-refractivity contribution in [2.45, 2.75) is 33.0 Å². The van der Waals surface area contributed by atoms with Gasteiger partial charge in [-0.3, -0.25) is 9.80 Å². The molecule has 1 fully saturated rings. The molecule has 1 unspecified atom stereocenters. The van der Waals surface area contributed by atoms with Gasteiger partial charge in [0.15, 0.2) is 0 Å². The molecule has 1 atom stereocenters. The summed E-state index contributed by atoms with van der Waals surface area (Å²) in [5, 5.41) is 0. The molecular formula is C15H24FN3. The lowest BCUT2D eigenvalue weighted by Crippen LogP contribution is -2.51. The molecule has 4 heteroatoms. The van der Waals surface area contributed by atoms with Gasteiger partial charge >= 0.3 is 0 Å². The van der Waals surface area contributed by atoms with E-state index in [2.05, 4.69) is 23.6 Å². The molecule has 0 spiro atoms. The first-order valence-electron chi connectivity index (χ1n) is 7.07. The van der Waals surface area contributed by atoms with E-state index in [1.165, 1.54) is 6.07 Å². The summed E-state index contributed by atoms with van der Waals surface area (Å²) >= 11 is 0. The molecule has 0 radical (unpaired) electrons. The van der Waals surface area contributed by atoms with Crippen LogP contribution < -0.4 is 5.73 Å². The van der Waals surface area contributed by atoms with Gasteiger partial charge in [0.1, 0.15) is 5.82 Å². The molecule has 1 aliphatic heterocycles. The summed E-state index contributed by atoms with van der Waals surface area (Å²) in [7, 11) is 0. The Balaban J connectivity index is 2.02. The smallest absolute Gasteiger partial charge is 0.123 e. The molecule has 0 bridgehead atoms. The van der Waals surface area contributed by atoms with Crippen LogP contribution in [-0.2, 0) is 13.1 Å². The molecule has 2 N–H and O–H groups in total. The highest BCUT2D eigenvalue weighted by atomic mass is 19.1. The van der Waals surface area contributed by atoms with Crippen LogP contribution in [0.15, 0.2) is 18.2 Å². The summed E-state index contributed by atoms with van der Waals surface area (Å²) in [5.74, 6) is -0.201. The fraction of sp³-hybridized carbons (Fsp3) is 0.600. The Bertz CT molecular complexity index is 422. The van der Waals surface area contributed by atoms with Crippen molar-refractivity contribution in [1.29, 1.82) is 0 Å². The number of nitrogens with zero attached hydrogens (tertiary/aromatic N) is 2. The molecule has 0 aliphatic carbocycles. The predicted octanol–water partition coefficient (Wildman–Crippen LogP) is 1.81. The van der Waals surface area contributed by atoms with Crippen molar-refractivity contribution in [2.75, 3.05) is 26.2 Å². The third kappa shape index (κ3) is 3.53. The first kappa shape index (κ1) is 14.4. The summed E-state index contributed by atoms with van der Waals surface area (Å²) in [6, 6.07) is 5.54. The van der Waals surface area contributed by atoms with Gasteiger partial charge in [0.25, 0.3) is 0 Å². The van der Waals surface area contributed by atoms with Crippen molar-refractivity contribution in [3.63, 3.8) is 0 Å². The molecule has 2 rings (SSSR count). The largest absolute Gasteiger partial charge is 0.326 e. The zero-order valence-electron chi connectivity index (χ0n) is 11.9. The van der Waals surface area contributed by atoms with Gasteiger partial charge in [-0.25, -0.2) is 4.39 Å². The Kier molecular flexibility index (Phi) is 4.91. The molecule has 0 saturated carbocycles. The van der Waals surface area contributed by atoms with Gasteiger partial charge in [0.05, 0.1) is 0 Å². The number of halogens is 1. The predicted molar refractivity (Wildman–Crippen MR) is 76.3 cm³/mol. The summed E-state index contributed by atoms with van der Waals surface area (Å²) in [6.07, 6.45) is 0. The molecule has 3 nitrogen and oxygen atoms in total. The average Bonchev–Trinajstić information content (AvgIpc) is 2.41. The maximum atomic E-state index is 13.2. The maximum absolute atomic E-state index is 13.2. The SMILES string of the molecule is CCN1CCN(Cc2ccc(F)cc2CN)CC1C. The van der Waals surface area contributed by atoms with Crippen LogP contribution in [0.25, 0.3) is 0 Å². The lowest BCUT2D eigenvalue weighted by atomic mass is 10.1. The zero-order chi connectivity index (χ0) is 13.8. The Hall–Kier alpha value is -0.970. The highest BCUT2D eigenvalue weighted by molar-refractivity contribution is 5.27. The minimum atomic E-state index is -0.201. The third-order valence-electron chi connectivity index (χ3n) is 4.04. The molecular weight excluding hydrogens is 241 g/mol. The topological polar surface area (TPSA) is 32.5 Å². The summed E-state index contributed by atoms with van der Waals surface area (Å²) in [6.45, 7) is 10.1. The first-order chi connectivity index (χ1) is 9.13. The molecule has 1 aromatic rings. The van der Waals surface area contributed by atoms with E-state index in [1.54, 1.807) is 6.07 Å². The van der Waals surface area contributed by atoms with Gasteiger partial charge in [-0.1, -0.05) is 13.0 Å². The Morgan fingerprint density at radius 2 is 2.11 bits per heavy atom. The van der Waals surface area contributed by atoms with Gasteiger partial charge in [0, 0.05) is 38.8 Å². The van der Waals surface area contributed by atoms with Gasteiger partial charge in [-0.05, 0) is 36.7 Å². The fourth-order valence-corrected chi connectivity index (χ4v) is 2.86. The zero-order valence-corrected chi connectivity index (χ0v) is 11.9. The van der Waals surface area contributed by atoms with E-state index in [-0.39, 0.29) is 5.82 Å². The Morgan fingerprint density at radius 1 is 1.32 bits per heavy atom. The van der Waals surface area contributed by atoms with E-state index in [1.807, 2.05) is 6.07 Å².